The van der Waals surface area contributed by atoms with Crippen LogP contribution in [0.4, 0.5) is 35.1 Å². The van der Waals surface area contributed by atoms with Crippen LogP contribution in [0.15, 0.2) is 61.0 Å². The topological polar surface area (TPSA) is 335 Å². The fourth-order valence-corrected chi connectivity index (χ4v) is 19.1. The average Bonchev–Trinajstić information content (AvgIpc) is 1.56. The second kappa shape index (κ2) is 34.4. The number of nitrogens with one attached hydrogen (secondary N) is 2. The maximum absolute atomic E-state index is 15.1. The minimum atomic E-state index is -4.90. The van der Waals surface area contributed by atoms with Crippen molar-refractivity contribution in [2.24, 2.45) is 58.2 Å². The molecule has 0 unspecified atom stereocenters. The molecule has 0 radical (unpaired) electrons. The van der Waals surface area contributed by atoms with Gasteiger partial charge in [-0.05, 0) is 166 Å². The number of carbonyl (C=O) groups excluding carboxylic acids is 8. The number of nitrogens with zero attached hydrogens (tertiary/aromatic N) is 4. The molecular weight excluding hydrogens is 1630 g/mol. The van der Waals surface area contributed by atoms with E-state index in [1.54, 1.807) is 27.7 Å². The number of rotatable bonds is 20. The summed E-state index contributed by atoms with van der Waals surface area (Å²) in [5.41, 5.74) is -8.57. The number of ether oxygens (including phenoxy) is 8. The molecule has 4 amide bonds. The van der Waals surface area contributed by atoms with E-state index in [0.717, 1.165) is 12.1 Å². The van der Waals surface area contributed by atoms with Crippen LogP contribution in [0.1, 0.15) is 185 Å². The molecule has 660 valence electrons. The normalized spacial score (nSPS) is 29.0. The summed E-state index contributed by atoms with van der Waals surface area (Å²) < 4.78 is 212. The fraction of sp³-hybridized carbons (Fsp3) is 0.643. The van der Waals surface area contributed by atoms with Crippen LogP contribution in [0.2, 0.25) is 0 Å². The zero-order valence-corrected chi connectivity index (χ0v) is 71.3. The average molecular weight is 1740 g/mol. The van der Waals surface area contributed by atoms with Crippen molar-refractivity contribution < 1.29 is 128 Å². The molecule has 0 spiro atoms. The number of aromatic nitrogens is 2. The third-order valence-corrected chi connectivity index (χ3v) is 30.0. The summed E-state index contributed by atoms with van der Waals surface area (Å²) >= 11 is 0. The summed E-state index contributed by atoms with van der Waals surface area (Å²) in [6.45, 7) is 12.8. The highest BCUT2D eigenvalue weighted by Gasteiger charge is 2.65. The largest absolute Gasteiger partial charge is 0.494 e. The number of hydrogen-bond acceptors (Lipinski definition) is 22. The molecule has 26 nitrogen and oxygen atoms in total. The van der Waals surface area contributed by atoms with E-state index in [0.29, 0.717) is 103 Å². The van der Waals surface area contributed by atoms with Crippen molar-refractivity contribution in [3.63, 3.8) is 0 Å². The molecule has 2 aromatic heterocycles. The molecule has 4 aliphatic heterocycles. The summed E-state index contributed by atoms with van der Waals surface area (Å²) in [4.78, 5) is 125. The van der Waals surface area contributed by atoms with E-state index in [9.17, 15) is 81.5 Å². The number of halogens is 8. The van der Waals surface area contributed by atoms with Gasteiger partial charge in [0.15, 0.2) is 34.7 Å². The number of fused-ring (bicyclic) bond motifs is 6. The van der Waals surface area contributed by atoms with Crippen molar-refractivity contribution in [2.75, 3.05) is 41.5 Å². The second-order valence-electron chi connectivity index (χ2n) is 35.4. The van der Waals surface area contributed by atoms with Gasteiger partial charge in [-0.2, -0.15) is 26.3 Å². The summed E-state index contributed by atoms with van der Waals surface area (Å²) in [5, 5.41) is 1.17. The third-order valence-electron chi connectivity index (χ3n) is 25.7. The molecule has 0 bridgehead atoms. The number of benzene rings is 2. The van der Waals surface area contributed by atoms with Gasteiger partial charge in [-0.3, -0.25) is 47.8 Å². The van der Waals surface area contributed by atoms with Crippen molar-refractivity contribution in [3.05, 3.63) is 72.6 Å². The number of pyridine rings is 2. The Kier molecular flexibility index (Phi) is 26.3. The maximum atomic E-state index is 15.1. The Morgan fingerprint density at radius 2 is 0.850 bits per heavy atom. The van der Waals surface area contributed by atoms with E-state index in [2.05, 4.69) is 19.4 Å². The van der Waals surface area contributed by atoms with Crippen molar-refractivity contribution in [2.45, 2.75) is 242 Å². The first-order valence-corrected chi connectivity index (χ1v) is 43.4. The van der Waals surface area contributed by atoms with E-state index in [-0.39, 0.29) is 96.1 Å². The van der Waals surface area contributed by atoms with Crippen LogP contribution in [-0.4, -0.2) is 183 Å². The van der Waals surface area contributed by atoms with E-state index in [1.807, 2.05) is 38.2 Å². The van der Waals surface area contributed by atoms with Gasteiger partial charge in [0.05, 0.1) is 122 Å². The lowest BCUT2D eigenvalue weighted by molar-refractivity contribution is -0.257. The summed E-state index contributed by atoms with van der Waals surface area (Å²) in [6.07, 6.45) is 0.981. The Hall–Kier alpha value is -8.96. The van der Waals surface area contributed by atoms with E-state index in [4.69, 9.17) is 37.9 Å². The van der Waals surface area contributed by atoms with Gasteiger partial charge in [0, 0.05) is 36.5 Å². The number of esters is 2. The fourth-order valence-electron chi connectivity index (χ4n) is 16.5. The van der Waals surface area contributed by atoms with E-state index in [1.165, 1.54) is 62.8 Å². The molecule has 4 aliphatic carbocycles. The Balaban J connectivity index is 0.000000235. The lowest BCUT2D eigenvalue weighted by Crippen LogP contribution is -2.48. The van der Waals surface area contributed by atoms with Crippen LogP contribution in [0.3, 0.4) is 0 Å². The molecule has 12 rings (SSSR count). The van der Waals surface area contributed by atoms with Crippen molar-refractivity contribution in [1.29, 1.82) is 0 Å². The number of hydrogen-bond donors (Lipinski definition) is 2. The van der Waals surface area contributed by atoms with Crippen molar-refractivity contribution >= 4 is 88.7 Å². The Morgan fingerprint density at radius 3 is 1.17 bits per heavy atom. The van der Waals surface area contributed by atoms with Crippen LogP contribution in [0, 0.1) is 69.8 Å². The van der Waals surface area contributed by atoms with Gasteiger partial charge >= 0.3 is 24.3 Å². The zero-order chi connectivity index (χ0) is 88.3. The highest BCUT2D eigenvalue weighted by molar-refractivity contribution is 7.92. The van der Waals surface area contributed by atoms with Crippen LogP contribution in [-0.2, 0) is 67.9 Å². The number of carbonyl (C=O) groups is 8. The van der Waals surface area contributed by atoms with Crippen LogP contribution in [0.5, 0.6) is 34.8 Å². The van der Waals surface area contributed by atoms with Crippen LogP contribution >= 0.6 is 0 Å². The molecule has 4 saturated carbocycles. The Morgan fingerprint density at radius 1 is 0.508 bits per heavy atom. The van der Waals surface area contributed by atoms with Gasteiger partial charge in [-0.25, -0.2) is 35.6 Å². The summed E-state index contributed by atoms with van der Waals surface area (Å²) in [6, 6.07) is 2.58. The Bertz CT molecular complexity index is 4650. The monoisotopic (exact) mass is 1730 g/mol. The van der Waals surface area contributed by atoms with E-state index < -0.39 is 208 Å². The molecule has 2 aromatic carbocycles. The molecule has 2 N–H and O–H groups in total. The lowest BCUT2D eigenvalue weighted by Gasteiger charge is -2.32. The zero-order valence-electron chi connectivity index (χ0n) is 69.6. The number of methoxy groups -OCH3 is 4. The molecule has 36 heteroatoms. The van der Waals surface area contributed by atoms with Gasteiger partial charge in [0.2, 0.25) is 66.6 Å². The number of allylic oxidation sites excluding steroid dienone is 4. The van der Waals surface area contributed by atoms with Gasteiger partial charge < -0.3 is 47.7 Å². The quantitative estimate of drug-likeness (QED) is 0.0471. The van der Waals surface area contributed by atoms with Gasteiger partial charge in [-0.1, -0.05) is 64.8 Å². The second-order valence-corrected chi connectivity index (χ2v) is 39.8. The highest BCUT2D eigenvalue weighted by Crippen LogP contribution is 2.60. The number of alkyl halides is 6. The molecule has 6 fully saturated rings. The number of ketones is 2. The van der Waals surface area contributed by atoms with Gasteiger partial charge in [0.25, 0.3) is 0 Å². The maximum Gasteiger partial charge on any atom is 0.427 e. The van der Waals surface area contributed by atoms with Crippen LogP contribution < -0.4 is 37.9 Å². The van der Waals surface area contributed by atoms with Gasteiger partial charge in [0.1, 0.15) is 23.7 Å². The molecule has 8 aliphatic rings. The first-order chi connectivity index (χ1) is 55.9. The summed E-state index contributed by atoms with van der Waals surface area (Å²) in [5.74, 6) is -12.4. The predicted octanol–water partition coefficient (Wildman–Crippen LogP) is 13.2. The SMILES string of the molecule is COc1cc2c(OC)cnc(O[C@@H]3C[C@H]4C(=O)C[C@]5(C(=O)NS(=O)(=O)C6(C)CC6)C[C@H]5/C=C\[C@@H](C)CCC[C@@H](C)[C@H](CC(=O)OC(C)(C)C(F)(F)F)C(=O)N4C3)c2cc1F.COc1cc2c(OC)cnc(O[C@@H]3C[C@H]4C(=O)C[C@]5(C(=O)NS(=O)(=O)C6(C)CC6)C[C@H]5/C=C\[C@H](C)CCC[C@@H](C)[C@H](CC(=O)OC(C)(C)C(F)(F)F)C(=O)N4C3)c2cc1F. The van der Waals surface area contributed by atoms with Crippen LogP contribution in [0.25, 0.3) is 21.5 Å². The first kappa shape index (κ1) is 91.8. The van der Waals surface area contributed by atoms with Gasteiger partial charge in [-0.15, -0.1) is 0 Å². The number of sulfonamides is 2. The molecule has 6 heterocycles. The van der Waals surface area contributed by atoms with Crippen molar-refractivity contribution in [3.8, 4) is 34.8 Å². The third kappa shape index (κ3) is 19.3. The summed E-state index contributed by atoms with van der Waals surface area (Å²) in [7, 11) is -2.74. The minimum absolute atomic E-state index is 0.0153. The van der Waals surface area contributed by atoms with E-state index >= 15 is 8.78 Å². The smallest absolute Gasteiger partial charge is 0.427 e. The standard InChI is InChI=1S/2C42H53F4N3O10S/c2*1-23-9-8-10-24(2)27(18-35(51)59-39(3,4)42(44,45)46)37(52)49-22-26(58-36-29-16-30(43)33(56-6)17-28(29)34(57-7)21-47-36)15-31(49)32(50)20-41(19-25(41)12-11-23)38(53)48-60(54,55)40(5)13-14-40/h2*11-12,16-17,21,23-27,31H,8-10,13-15,18-20,22H2,1-7H3,(H,48,53)/b2*12-11-/t23-,24+,25+,26+,27-,31-,41+;23-,24-,25-,26-,27+,31+,41-/m01/s1. The molecule has 4 aromatic rings. The first-order valence-electron chi connectivity index (χ1n) is 40.4. The highest BCUT2D eigenvalue weighted by atomic mass is 32.2. The lowest BCUT2D eigenvalue weighted by atomic mass is 9.84. The molecule has 2 saturated heterocycles. The number of Topliss-reactive ketones (excluding diaryl/α,β-unsaturated/α-hetero) is 2. The molecule has 14 atom stereocenters. The predicted molar refractivity (Wildman–Crippen MR) is 420 cm³/mol. The minimum Gasteiger partial charge on any atom is -0.494 e. The Labute approximate surface area is 692 Å². The van der Waals surface area contributed by atoms with Crippen molar-refractivity contribution in [1.82, 2.24) is 29.2 Å². The molecule has 120 heavy (non-hydrogen) atoms. The number of amides is 4. The molecular formula is C84H106F8N6O20S2.